The average molecular weight is 482 g/mol. The van der Waals surface area contributed by atoms with Gasteiger partial charge in [0.05, 0.1) is 5.69 Å². The zero-order valence-electron chi connectivity index (χ0n) is 14.1. The summed E-state index contributed by atoms with van der Waals surface area (Å²) in [5.41, 5.74) is 2.99. The van der Waals surface area contributed by atoms with Gasteiger partial charge in [0, 0.05) is 14.5 Å². The van der Waals surface area contributed by atoms with Gasteiger partial charge in [-0.3, -0.25) is 9.69 Å². The van der Waals surface area contributed by atoms with E-state index in [4.69, 9.17) is 0 Å². The van der Waals surface area contributed by atoms with Crippen LogP contribution in [0.4, 0.5) is 5.69 Å². The molecule has 0 saturated heterocycles. The van der Waals surface area contributed by atoms with Crippen LogP contribution in [-0.2, 0) is 4.79 Å². The van der Waals surface area contributed by atoms with Crippen LogP contribution in [0.3, 0.4) is 0 Å². The van der Waals surface area contributed by atoms with E-state index in [9.17, 15) is 4.79 Å². The maximum absolute atomic E-state index is 13.2. The molecule has 27 heavy (non-hydrogen) atoms. The van der Waals surface area contributed by atoms with Crippen LogP contribution in [0.2, 0.25) is 0 Å². The largest absolute Gasteiger partial charge is 0.282 e. The maximum atomic E-state index is 13.2. The van der Waals surface area contributed by atoms with Gasteiger partial charge < -0.3 is 0 Å². The summed E-state index contributed by atoms with van der Waals surface area (Å²) in [6.45, 7) is 0. The van der Waals surface area contributed by atoms with Crippen molar-refractivity contribution >= 4 is 55.4 Å². The first-order chi connectivity index (χ1) is 13.1. The number of hydrogen-bond acceptors (Lipinski definition) is 2. The molecule has 0 aromatic heterocycles. The predicted octanol–water partition coefficient (Wildman–Crippen LogP) is 6.05. The van der Waals surface area contributed by atoms with Crippen molar-refractivity contribution in [3.8, 4) is 0 Å². The van der Waals surface area contributed by atoms with E-state index in [1.165, 1.54) is 0 Å². The molecule has 0 atom stereocenters. The van der Waals surface area contributed by atoms with Crippen molar-refractivity contribution in [1.82, 2.24) is 0 Å². The average Bonchev–Trinajstić information content (AvgIpc) is 3.01. The molecule has 0 unspecified atom stereocenters. The number of carbonyl (C=O) groups excluding carboxylic acids is 1. The van der Waals surface area contributed by atoms with Crippen molar-refractivity contribution < 1.29 is 4.79 Å². The molecule has 1 amide bonds. The Kier molecular flexibility index (Phi) is 5.05. The van der Waals surface area contributed by atoms with Crippen LogP contribution in [0.25, 0.3) is 6.08 Å². The summed E-state index contributed by atoms with van der Waals surface area (Å²) in [6, 6.07) is 25.1. The highest BCUT2D eigenvalue weighted by Gasteiger charge is 2.33. The standard InChI is InChI=1S/C22H14Br2N2O/c23-16-12-10-15(11-13-16)14-20-22(27)26(17-6-2-1-3-7-17)21(25-20)18-8-4-5-9-19(18)24/h1-14H/b20-14+. The molecule has 0 radical (unpaired) electrons. The van der Waals surface area contributed by atoms with E-state index < -0.39 is 0 Å². The first-order valence-electron chi connectivity index (χ1n) is 8.34. The molecule has 3 aromatic carbocycles. The van der Waals surface area contributed by atoms with E-state index in [2.05, 4.69) is 36.9 Å². The Bertz CT molecular complexity index is 1060. The van der Waals surface area contributed by atoms with E-state index in [0.717, 1.165) is 25.8 Å². The van der Waals surface area contributed by atoms with Crippen molar-refractivity contribution in [1.29, 1.82) is 0 Å². The number of hydrogen-bond donors (Lipinski definition) is 0. The number of amidine groups is 1. The number of aliphatic imine (C=N–C) groups is 1. The number of anilines is 1. The second-order valence-electron chi connectivity index (χ2n) is 5.97. The Labute approximate surface area is 174 Å². The number of amides is 1. The Morgan fingerprint density at radius 2 is 1.48 bits per heavy atom. The van der Waals surface area contributed by atoms with Crippen molar-refractivity contribution in [3.63, 3.8) is 0 Å². The predicted molar refractivity (Wildman–Crippen MR) is 117 cm³/mol. The fourth-order valence-corrected chi connectivity index (χ4v) is 3.60. The van der Waals surface area contributed by atoms with Gasteiger partial charge in [0.15, 0.2) is 0 Å². The van der Waals surface area contributed by atoms with Gasteiger partial charge >= 0.3 is 0 Å². The highest BCUT2D eigenvalue weighted by atomic mass is 79.9. The minimum Gasteiger partial charge on any atom is -0.266 e. The molecule has 3 aromatic rings. The lowest BCUT2D eigenvalue weighted by Crippen LogP contribution is -2.32. The number of halogens is 2. The lowest BCUT2D eigenvalue weighted by molar-refractivity contribution is -0.113. The number of carbonyl (C=O) groups is 1. The van der Waals surface area contributed by atoms with Crippen LogP contribution < -0.4 is 4.90 Å². The number of nitrogens with zero attached hydrogens (tertiary/aromatic N) is 2. The summed E-state index contributed by atoms with van der Waals surface area (Å²) in [7, 11) is 0. The highest BCUT2D eigenvalue weighted by Crippen LogP contribution is 2.30. The molecule has 0 N–H and O–H groups in total. The molecule has 0 bridgehead atoms. The lowest BCUT2D eigenvalue weighted by atomic mass is 10.1. The van der Waals surface area contributed by atoms with Gasteiger partial charge in [-0.2, -0.15) is 0 Å². The molecule has 0 fully saturated rings. The quantitative estimate of drug-likeness (QED) is 0.419. The molecule has 1 aliphatic heterocycles. The van der Waals surface area contributed by atoms with Gasteiger partial charge in [0.1, 0.15) is 11.5 Å². The van der Waals surface area contributed by atoms with E-state index in [1.807, 2.05) is 84.9 Å². The van der Waals surface area contributed by atoms with Crippen LogP contribution in [-0.4, -0.2) is 11.7 Å². The molecule has 0 saturated carbocycles. The molecular formula is C22H14Br2N2O. The second kappa shape index (κ2) is 7.62. The molecule has 3 nitrogen and oxygen atoms in total. The van der Waals surface area contributed by atoms with E-state index in [-0.39, 0.29) is 5.91 Å². The van der Waals surface area contributed by atoms with Crippen molar-refractivity contribution in [3.05, 3.63) is 105 Å². The normalized spacial score (nSPS) is 15.3. The van der Waals surface area contributed by atoms with Crippen LogP contribution in [0.5, 0.6) is 0 Å². The zero-order chi connectivity index (χ0) is 18.8. The van der Waals surface area contributed by atoms with Gasteiger partial charge in [-0.25, -0.2) is 4.99 Å². The summed E-state index contributed by atoms with van der Waals surface area (Å²) in [5.74, 6) is 0.469. The minimum absolute atomic E-state index is 0.144. The van der Waals surface area contributed by atoms with Gasteiger partial charge in [-0.15, -0.1) is 0 Å². The van der Waals surface area contributed by atoms with Gasteiger partial charge in [0.2, 0.25) is 0 Å². The lowest BCUT2D eigenvalue weighted by Gasteiger charge is -2.19. The Hall–Kier alpha value is -2.50. The molecule has 5 heteroatoms. The first kappa shape index (κ1) is 17.9. The fourth-order valence-electron chi connectivity index (χ4n) is 2.87. The van der Waals surface area contributed by atoms with Gasteiger partial charge in [-0.05, 0) is 42.0 Å². The van der Waals surface area contributed by atoms with Crippen molar-refractivity contribution in [2.75, 3.05) is 4.90 Å². The highest BCUT2D eigenvalue weighted by molar-refractivity contribution is 9.10. The Morgan fingerprint density at radius 3 is 2.19 bits per heavy atom. The maximum Gasteiger partial charge on any atom is 0.282 e. The summed E-state index contributed by atoms with van der Waals surface area (Å²) in [6.07, 6.45) is 1.81. The summed E-state index contributed by atoms with van der Waals surface area (Å²) in [5, 5.41) is 0. The molecule has 0 spiro atoms. The summed E-state index contributed by atoms with van der Waals surface area (Å²) >= 11 is 7.01. The number of rotatable bonds is 3. The van der Waals surface area contributed by atoms with Crippen LogP contribution in [0, 0.1) is 0 Å². The van der Waals surface area contributed by atoms with Crippen molar-refractivity contribution in [2.24, 2.45) is 4.99 Å². The first-order valence-corrected chi connectivity index (χ1v) is 9.92. The second-order valence-corrected chi connectivity index (χ2v) is 7.74. The molecule has 1 aliphatic rings. The van der Waals surface area contributed by atoms with E-state index in [1.54, 1.807) is 4.90 Å². The monoisotopic (exact) mass is 480 g/mol. The SMILES string of the molecule is O=C1/C(=C\c2ccc(Br)cc2)N=C(c2ccccc2Br)N1c1ccccc1. The molecule has 4 rings (SSSR count). The molecule has 1 heterocycles. The number of benzene rings is 3. The number of para-hydroxylation sites is 1. The molecule has 132 valence electrons. The minimum atomic E-state index is -0.144. The van der Waals surface area contributed by atoms with E-state index in [0.29, 0.717) is 11.5 Å². The smallest absolute Gasteiger partial charge is 0.266 e. The summed E-state index contributed by atoms with van der Waals surface area (Å²) in [4.78, 5) is 19.5. The molecular weight excluding hydrogens is 468 g/mol. The third-order valence-corrected chi connectivity index (χ3v) is 5.38. The third kappa shape index (κ3) is 3.66. The topological polar surface area (TPSA) is 32.7 Å². The Morgan fingerprint density at radius 1 is 0.815 bits per heavy atom. The van der Waals surface area contributed by atoms with Crippen LogP contribution >= 0.6 is 31.9 Å². The van der Waals surface area contributed by atoms with Gasteiger partial charge in [0.25, 0.3) is 5.91 Å². The van der Waals surface area contributed by atoms with Crippen LogP contribution in [0.15, 0.2) is 98.5 Å². The summed E-state index contributed by atoms with van der Waals surface area (Å²) < 4.78 is 1.88. The Balaban J connectivity index is 1.84. The van der Waals surface area contributed by atoms with E-state index >= 15 is 0 Å². The molecule has 0 aliphatic carbocycles. The van der Waals surface area contributed by atoms with Gasteiger partial charge in [-0.1, -0.05) is 80.4 Å². The third-order valence-electron chi connectivity index (χ3n) is 4.16. The zero-order valence-corrected chi connectivity index (χ0v) is 17.3. The van der Waals surface area contributed by atoms with Crippen molar-refractivity contribution in [2.45, 2.75) is 0 Å². The fraction of sp³-hybridized carbons (Fsp3) is 0. The van der Waals surface area contributed by atoms with Crippen LogP contribution in [0.1, 0.15) is 11.1 Å².